The van der Waals surface area contributed by atoms with Gasteiger partial charge in [-0.25, -0.2) is 0 Å². The van der Waals surface area contributed by atoms with Gasteiger partial charge in [-0.1, -0.05) is 35.0 Å². The molecule has 4 rings (SSSR count). The minimum absolute atomic E-state index is 0.0336. The van der Waals surface area contributed by atoms with Crippen molar-refractivity contribution in [2.45, 2.75) is 26.2 Å². The van der Waals surface area contributed by atoms with E-state index in [1.165, 1.54) is 12.0 Å². The fourth-order valence-electron chi connectivity index (χ4n) is 3.26. The van der Waals surface area contributed by atoms with Crippen LogP contribution in [0.25, 0.3) is 22.8 Å². The number of amides is 1. The van der Waals surface area contributed by atoms with Crippen molar-refractivity contribution in [2.75, 3.05) is 19.7 Å². The summed E-state index contributed by atoms with van der Waals surface area (Å²) in [6.45, 7) is 3.73. The highest BCUT2D eigenvalue weighted by Crippen LogP contribution is 2.25. The topological polar surface area (TPSA) is 68.5 Å². The molecule has 0 N–H and O–H groups in total. The number of nitrogens with zero attached hydrogens (tertiary/aromatic N) is 3. The van der Waals surface area contributed by atoms with E-state index in [1.54, 1.807) is 0 Å². The standard InChI is InChI=1S/C22H23N3O3/c1-16-8-10-17(11-9-16)22-23-21(24-28-22)18-6-5-7-19(14-18)27-15-20(26)25-12-3-2-4-13-25/h5-11,14H,2-4,12-13,15H2,1H3. The van der Waals surface area contributed by atoms with E-state index in [0.717, 1.165) is 37.1 Å². The summed E-state index contributed by atoms with van der Waals surface area (Å²) in [4.78, 5) is 18.6. The first kappa shape index (κ1) is 18.2. The number of hydrogen-bond acceptors (Lipinski definition) is 5. The van der Waals surface area contributed by atoms with Crippen LogP contribution in [-0.4, -0.2) is 40.6 Å². The van der Waals surface area contributed by atoms with Crippen LogP contribution >= 0.6 is 0 Å². The molecule has 1 aliphatic heterocycles. The summed E-state index contributed by atoms with van der Waals surface area (Å²) in [7, 11) is 0. The highest BCUT2D eigenvalue weighted by Gasteiger charge is 2.17. The Labute approximate surface area is 164 Å². The Balaban J connectivity index is 1.43. The van der Waals surface area contributed by atoms with E-state index >= 15 is 0 Å². The van der Waals surface area contributed by atoms with Crippen molar-refractivity contribution in [2.24, 2.45) is 0 Å². The maximum absolute atomic E-state index is 12.3. The lowest BCUT2D eigenvalue weighted by atomic mass is 10.1. The van der Waals surface area contributed by atoms with Crippen molar-refractivity contribution < 1.29 is 14.1 Å². The van der Waals surface area contributed by atoms with Gasteiger partial charge in [0.2, 0.25) is 5.82 Å². The zero-order valence-corrected chi connectivity index (χ0v) is 15.9. The van der Waals surface area contributed by atoms with E-state index in [4.69, 9.17) is 9.26 Å². The fraction of sp³-hybridized carbons (Fsp3) is 0.318. The lowest BCUT2D eigenvalue weighted by Gasteiger charge is -2.26. The van der Waals surface area contributed by atoms with Crippen LogP contribution in [0.2, 0.25) is 0 Å². The number of aryl methyl sites for hydroxylation is 1. The molecule has 1 aliphatic rings. The van der Waals surface area contributed by atoms with Gasteiger partial charge in [-0.2, -0.15) is 4.98 Å². The second kappa shape index (κ2) is 8.25. The molecule has 0 radical (unpaired) electrons. The van der Waals surface area contributed by atoms with Gasteiger partial charge in [0.25, 0.3) is 11.8 Å². The summed E-state index contributed by atoms with van der Waals surface area (Å²) in [5.74, 6) is 1.61. The zero-order chi connectivity index (χ0) is 19.3. The molecule has 0 spiro atoms. The number of hydrogen-bond donors (Lipinski definition) is 0. The van der Waals surface area contributed by atoms with Crippen LogP contribution in [0.4, 0.5) is 0 Å². The SMILES string of the molecule is Cc1ccc(-c2nc(-c3cccc(OCC(=O)N4CCCCC4)c3)no2)cc1. The third-order valence-electron chi connectivity index (χ3n) is 4.89. The number of aromatic nitrogens is 2. The maximum atomic E-state index is 12.3. The monoisotopic (exact) mass is 377 g/mol. The van der Waals surface area contributed by atoms with Crippen LogP contribution in [0.1, 0.15) is 24.8 Å². The van der Waals surface area contributed by atoms with Crippen molar-refractivity contribution in [3.05, 3.63) is 54.1 Å². The molecule has 6 nitrogen and oxygen atoms in total. The number of rotatable bonds is 5. The molecular weight excluding hydrogens is 354 g/mol. The van der Waals surface area contributed by atoms with Crippen molar-refractivity contribution in [1.29, 1.82) is 0 Å². The van der Waals surface area contributed by atoms with Crippen LogP contribution in [-0.2, 0) is 4.79 Å². The van der Waals surface area contributed by atoms with E-state index in [9.17, 15) is 4.79 Å². The first-order valence-corrected chi connectivity index (χ1v) is 9.61. The molecule has 3 aromatic rings. The van der Waals surface area contributed by atoms with Crippen LogP contribution in [0, 0.1) is 6.92 Å². The highest BCUT2D eigenvalue weighted by molar-refractivity contribution is 5.78. The Hall–Kier alpha value is -3.15. The predicted octanol–water partition coefficient (Wildman–Crippen LogP) is 4.10. The Kier molecular flexibility index (Phi) is 5.37. The van der Waals surface area contributed by atoms with Gasteiger partial charge in [0, 0.05) is 24.2 Å². The minimum atomic E-state index is 0.0336. The number of piperidine rings is 1. The summed E-state index contributed by atoms with van der Waals surface area (Å²) in [5.41, 5.74) is 2.83. The first-order chi connectivity index (χ1) is 13.7. The van der Waals surface area contributed by atoms with Crippen LogP contribution in [0.15, 0.2) is 53.1 Å². The minimum Gasteiger partial charge on any atom is -0.484 e. The van der Waals surface area contributed by atoms with E-state index in [0.29, 0.717) is 17.5 Å². The Morgan fingerprint density at radius 1 is 1.07 bits per heavy atom. The molecule has 0 bridgehead atoms. The molecule has 1 saturated heterocycles. The molecule has 2 heterocycles. The lowest BCUT2D eigenvalue weighted by Crippen LogP contribution is -2.38. The molecule has 2 aromatic carbocycles. The van der Waals surface area contributed by atoms with Crippen LogP contribution in [0.5, 0.6) is 5.75 Å². The second-order valence-electron chi connectivity index (χ2n) is 7.05. The summed E-state index contributed by atoms with van der Waals surface area (Å²) in [5, 5.41) is 4.08. The van der Waals surface area contributed by atoms with Gasteiger partial charge in [-0.05, 0) is 50.5 Å². The smallest absolute Gasteiger partial charge is 0.260 e. The highest BCUT2D eigenvalue weighted by atomic mass is 16.5. The van der Waals surface area contributed by atoms with E-state index in [2.05, 4.69) is 10.1 Å². The van der Waals surface area contributed by atoms with Gasteiger partial charge < -0.3 is 14.2 Å². The molecule has 1 fully saturated rings. The third-order valence-corrected chi connectivity index (χ3v) is 4.89. The number of carbonyl (C=O) groups is 1. The Bertz CT molecular complexity index is 944. The van der Waals surface area contributed by atoms with E-state index in [-0.39, 0.29) is 12.5 Å². The molecule has 1 amide bonds. The summed E-state index contributed by atoms with van der Waals surface area (Å²) < 4.78 is 11.1. The number of benzene rings is 2. The summed E-state index contributed by atoms with van der Waals surface area (Å²) in [6.07, 6.45) is 3.34. The molecule has 6 heteroatoms. The zero-order valence-electron chi connectivity index (χ0n) is 15.9. The maximum Gasteiger partial charge on any atom is 0.260 e. The van der Waals surface area contributed by atoms with Gasteiger partial charge in [0.15, 0.2) is 6.61 Å². The predicted molar refractivity (Wildman–Crippen MR) is 106 cm³/mol. The molecule has 0 aliphatic carbocycles. The van der Waals surface area contributed by atoms with Crippen molar-refractivity contribution in [3.63, 3.8) is 0 Å². The lowest BCUT2D eigenvalue weighted by molar-refractivity contribution is -0.134. The van der Waals surface area contributed by atoms with Crippen LogP contribution in [0.3, 0.4) is 0 Å². The van der Waals surface area contributed by atoms with Gasteiger partial charge in [-0.3, -0.25) is 4.79 Å². The molecule has 0 atom stereocenters. The number of likely N-dealkylation sites (tertiary alicyclic amines) is 1. The second-order valence-corrected chi connectivity index (χ2v) is 7.05. The summed E-state index contributed by atoms with van der Waals surface area (Å²) >= 11 is 0. The largest absolute Gasteiger partial charge is 0.484 e. The van der Waals surface area contributed by atoms with Crippen LogP contribution < -0.4 is 4.74 Å². The normalized spacial score (nSPS) is 14.1. The quantitative estimate of drug-likeness (QED) is 0.669. The molecule has 0 unspecified atom stereocenters. The van der Waals surface area contributed by atoms with Gasteiger partial charge in [-0.15, -0.1) is 0 Å². The van der Waals surface area contributed by atoms with E-state index < -0.39 is 0 Å². The number of carbonyl (C=O) groups excluding carboxylic acids is 1. The third kappa shape index (κ3) is 4.22. The van der Waals surface area contributed by atoms with Crippen molar-refractivity contribution in [1.82, 2.24) is 15.0 Å². The van der Waals surface area contributed by atoms with Gasteiger partial charge in [0.1, 0.15) is 5.75 Å². The van der Waals surface area contributed by atoms with Gasteiger partial charge in [0.05, 0.1) is 0 Å². The fourth-order valence-corrected chi connectivity index (χ4v) is 3.26. The average molecular weight is 377 g/mol. The Morgan fingerprint density at radius 3 is 2.64 bits per heavy atom. The van der Waals surface area contributed by atoms with Crippen molar-refractivity contribution in [3.8, 4) is 28.6 Å². The molecule has 1 aromatic heterocycles. The molecular formula is C22H23N3O3. The van der Waals surface area contributed by atoms with E-state index in [1.807, 2.05) is 60.4 Å². The van der Waals surface area contributed by atoms with Crippen molar-refractivity contribution >= 4 is 5.91 Å². The van der Waals surface area contributed by atoms with Gasteiger partial charge >= 0.3 is 0 Å². The number of ether oxygens (including phenoxy) is 1. The molecule has 0 saturated carbocycles. The molecule has 144 valence electrons. The first-order valence-electron chi connectivity index (χ1n) is 9.61. The Morgan fingerprint density at radius 2 is 1.86 bits per heavy atom. The molecule has 28 heavy (non-hydrogen) atoms. The summed E-state index contributed by atoms with van der Waals surface area (Å²) in [6, 6.07) is 15.3. The average Bonchev–Trinajstić information content (AvgIpc) is 3.24.